The van der Waals surface area contributed by atoms with Crippen LogP contribution in [0, 0.1) is 5.92 Å². The summed E-state index contributed by atoms with van der Waals surface area (Å²) in [5.41, 5.74) is 4.21. The summed E-state index contributed by atoms with van der Waals surface area (Å²) in [7, 11) is 0. The van der Waals surface area contributed by atoms with E-state index in [-0.39, 0.29) is 24.6 Å². The maximum Gasteiger partial charge on any atom is 0.227 e. The number of benzene rings is 1. The Labute approximate surface area is 187 Å². The lowest BCUT2D eigenvalue weighted by Gasteiger charge is -2.20. The van der Waals surface area contributed by atoms with Crippen LogP contribution in [-0.2, 0) is 0 Å². The second-order valence-electron chi connectivity index (χ2n) is 8.41. The Balaban J connectivity index is 1.74. The SMILES string of the molecule is CC(C)[C@H](CO)Nc1nc(Nc2cccc(-c3ccccn3)c2)c2ncn(C(C)C)c2n1. The van der Waals surface area contributed by atoms with Crippen molar-refractivity contribution in [1.29, 1.82) is 0 Å². The first-order valence-corrected chi connectivity index (χ1v) is 10.9. The average molecular weight is 432 g/mol. The lowest BCUT2D eigenvalue weighted by Crippen LogP contribution is -2.30. The van der Waals surface area contributed by atoms with Crippen LogP contribution < -0.4 is 10.6 Å². The number of aliphatic hydroxyl groups excluding tert-OH is 1. The lowest BCUT2D eigenvalue weighted by atomic mass is 10.1. The van der Waals surface area contributed by atoms with Crippen LogP contribution in [-0.4, -0.2) is 42.3 Å². The Morgan fingerprint density at radius 2 is 1.84 bits per heavy atom. The van der Waals surface area contributed by atoms with E-state index in [9.17, 15) is 5.11 Å². The van der Waals surface area contributed by atoms with E-state index in [0.717, 1.165) is 22.6 Å². The van der Waals surface area contributed by atoms with Gasteiger partial charge in [0.05, 0.1) is 24.7 Å². The summed E-state index contributed by atoms with van der Waals surface area (Å²) >= 11 is 0. The van der Waals surface area contributed by atoms with Crippen LogP contribution in [0.5, 0.6) is 0 Å². The number of hydrogen-bond donors (Lipinski definition) is 3. The third-order valence-corrected chi connectivity index (χ3v) is 5.38. The van der Waals surface area contributed by atoms with E-state index in [1.807, 2.05) is 60.9 Å². The molecule has 4 aromatic rings. The summed E-state index contributed by atoms with van der Waals surface area (Å²) in [4.78, 5) is 18.4. The van der Waals surface area contributed by atoms with Gasteiger partial charge >= 0.3 is 0 Å². The molecule has 8 heteroatoms. The molecule has 0 bridgehead atoms. The number of aromatic nitrogens is 5. The summed E-state index contributed by atoms with van der Waals surface area (Å²) in [6, 6.07) is 13.9. The molecule has 0 aliphatic heterocycles. The smallest absolute Gasteiger partial charge is 0.227 e. The van der Waals surface area contributed by atoms with Crippen molar-refractivity contribution in [2.75, 3.05) is 17.2 Å². The Morgan fingerprint density at radius 3 is 2.53 bits per heavy atom. The summed E-state index contributed by atoms with van der Waals surface area (Å²) in [6.07, 6.45) is 3.57. The van der Waals surface area contributed by atoms with Crippen molar-refractivity contribution in [1.82, 2.24) is 24.5 Å². The Bertz CT molecular complexity index is 1190. The number of anilines is 3. The molecule has 8 nitrogen and oxygen atoms in total. The third-order valence-electron chi connectivity index (χ3n) is 5.38. The van der Waals surface area contributed by atoms with Gasteiger partial charge in [0.1, 0.15) is 0 Å². The third kappa shape index (κ3) is 4.55. The van der Waals surface area contributed by atoms with Gasteiger partial charge in [-0.05, 0) is 44.0 Å². The van der Waals surface area contributed by atoms with Gasteiger partial charge in [0, 0.05) is 23.5 Å². The molecular formula is C24H29N7O. The number of rotatable bonds is 8. The molecule has 0 aliphatic rings. The quantitative estimate of drug-likeness (QED) is 0.373. The number of imidazole rings is 1. The lowest BCUT2D eigenvalue weighted by molar-refractivity contribution is 0.248. The molecule has 0 radical (unpaired) electrons. The average Bonchev–Trinajstić information content (AvgIpc) is 3.23. The molecule has 4 rings (SSSR count). The van der Waals surface area contributed by atoms with E-state index in [1.54, 1.807) is 12.5 Å². The molecule has 0 amide bonds. The molecule has 0 spiro atoms. The summed E-state index contributed by atoms with van der Waals surface area (Å²) < 4.78 is 2.01. The van der Waals surface area contributed by atoms with Gasteiger partial charge < -0.3 is 20.3 Å². The molecule has 0 saturated carbocycles. The fraction of sp³-hybridized carbons (Fsp3) is 0.333. The molecule has 1 aromatic carbocycles. The van der Waals surface area contributed by atoms with Gasteiger partial charge in [-0.2, -0.15) is 9.97 Å². The van der Waals surface area contributed by atoms with Crippen LogP contribution in [0.4, 0.5) is 17.5 Å². The van der Waals surface area contributed by atoms with E-state index in [0.29, 0.717) is 17.3 Å². The largest absolute Gasteiger partial charge is 0.394 e. The minimum atomic E-state index is -0.150. The molecule has 1 atom stereocenters. The molecular weight excluding hydrogens is 402 g/mol. The van der Waals surface area contributed by atoms with Crippen LogP contribution in [0.3, 0.4) is 0 Å². The Morgan fingerprint density at radius 1 is 1.00 bits per heavy atom. The normalized spacial score (nSPS) is 12.5. The van der Waals surface area contributed by atoms with Gasteiger partial charge in [-0.1, -0.05) is 32.0 Å². The summed E-state index contributed by atoms with van der Waals surface area (Å²) in [5, 5.41) is 16.4. The molecule has 0 fully saturated rings. The monoisotopic (exact) mass is 431 g/mol. The van der Waals surface area contributed by atoms with Gasteiger partial charge in [0.15, 0.2) is 17.0 Å². The molecule has 0 saturated heterocycles. The topological polar surface area (TPSA) is 101 Å². The number of fused-ring (bicyclic) bond motifs is 1. The maximum atomic E-state index is 9.76. The van der Waals surface area contributed by atoms with Crippen molar-refractivity contribution in [3.05, 3.63) is 55.0 Å². The highest BCUT2D eigenvalue weighted by molar-refractivity contribution is 5.87. The predicted molar refractivity (Wildman–Crippen MR) is 128 cm³/mol. The maximum absolute atomic E-state index is 9.76. The summed E-state index contributed by atoms with van der Waals surface area (Å²) in [6.45, 7) is 8.27. The molecule has 3 N–H and O–H groups in total. The van der Waals surface area contributed by atoms with Crippen LogP contribution >= 0.6 is 0 Å². The molecule has 3 aromatic heterocycles. The van der Waals surface area contributed by atoms with E-state index < -0.39 is 0 Å². The summed E-state index contributed by atoms with van der Waals surface area (Å²) in [5.74, 6) is 1.28. The first kappa shape index (κ1) is 21.7. The second kappa shape index (κ2) is 9.32. The van der Waals surface area contributed by atoms with Crippen molar-refractivity contribution in [3.8, 4) is 11.3 Å². The van der Waals surface area contributed by atoms with Gasteiger partial charge in [0.25, 0.3) is 0 Å². The number of hydrogen-bond acceptors (Lipinski definition) is 7. The number of nitrogens with one attached hydrogen (secondary N) is 2. The molecule has 0 unspecified atom stereocenters. The Hall–Kier alpha value is -3.52. The molecule has 32 heavy (non-hydrogen) atoms. The minimum Gasteiger partial charge on any atom is -0.394 e. The van der Waals surface area contributed by atoms with E-state index in [1.165, 1.54) is 0 Å². The van der Waals surface area contributed by atoms with Crippen molar-refractivity contribution in [3.63, 3.8) is 0 Å². The van der Waals surface area contributed by atoms with E-state index >= 15 is 0 Å². The van der Waals surface area contributed by atoms with Gasteiger partial charge in [-0.25, -0.2) is 4.98 Å². The second-order valence-corrected chi connectivity index (χ2v) is 8.41. The predicted octanol–water partition coefficient (Wildman–Crippen LogP) is 4.64. The van der Waals surface area contributed by atoms with Crippen LogP contribution in [0.2, 0.25) is 0 Å². The first-order valence-electron chi connectivity index (χ1n) is 10.9. The fourth-order valence-electron chi connectivity index (χ4n) is 3.46. The number of nitrogens with zero attached hydrogens (tertiary/aromatic N) is 5. The zero-order valence-electron chi connectivity index (χ0n) is 18.8. The molecule has 166 valence electrons. The highest BCUT2D eigenvalue weighted by atomic mass is 16.3. The first-order chi connectivity index (χ1) is 15.5. The van der Waals surface area contributed by atoms with Crippen LogP contribution in [0.25, 0.3) is 22.4 Å². The number of pyridine rings is 1. The van der Waals surface area contributed by atoms with Gasteiger partial charge in [-0.3, -0.25) is 4.98 Å². The highest BCUT2D eigenvalue weighted by Crippen LogP contribution is 2.28. The van der Waals surface area contributed by atoms with Crippen molar-refractivity contribution < 1.29 is 5.11 Å². The van der Waals surface area contributed by atoms with Crippen LogP contribution in [0.1, 0.15) is 33.7 Å². The van der Waals surface area contributed by atoms with E-state index in [2.05, 4.69) is 34.4 Å². The van der Waals surface area contributed by atoms with Crippen molar-refractivity contribution in [2.45, 2.75) is 39.8 Å². The fourth-order valence-corrected chi connectivity index (χ4v) is 3.46. The highest BCUT2D eigenvalue weighted by Gasteiger charge is 2.18. The van der Waals surface area contributed by atoms with Crippen LogP contribution in [0.15, 0.2) is 55.0 Å². The number of aliphatic hydroxyl groups is 1. The van der Waals surface area contributed by atoms with Gasteiger partial charge in [0.2, 0.25) is 5.95 Å². The molecule has 0 aliphatic carbocycles. The van der Waals surface area contributed by atoms with Gasteiger partial charge in [-0.15, -0.1) is 0 Å². The standard InChI is InChI=1S/C24H29N7O/c1-15(2)20(13-32)28-24-29-22(21-23(30-24)31(14-26-21)16(3)4)27-18-9-7-8-17(12-18)19-10-5-6-11-25-19/h5-12,14-16,20,32H,13H2,1-4H3,(H2,27,28,29,30)/t20-/m0/s1. The minimum absolute atomic E-state index is 0.00259. The van der Waals surface area contributed by atoms with E-state index in [4.69, 9.17) is 9.97 Å². The van der Waals surface area contributed by atoms with Crippen molar-refractivity contribution >= 4 is 28.6 Å². The van der Waals surface area contributed by atoms with Crippen molar-refractivity contribution in [2.24, 2.45) is 5.92 Å². The molecule has 3 heterocycles. The zero-order valence-corrected chi connectivity index (χ0v) is 18.8. The Kier molecular flexibility index (Phi) is 6.32. The zero-order chi connectivity index (χ0) is 22.7.